The Morgan fingerprint density at radius 3 is 2.14 bits per heavy atom. The molecule has 50 heavy (non-hydrogen) atoms. The Hall–Kier alpha value is -5.97. The van der Waals surface area contributed by atoms with Crippen molar-refractivity contribution in [3.05, 3.63) is 156 Å². The molecule has 8 nitrogen and oxygen atoms in total. The van der Waals surface area contributed by atoms with E-state index in [-0.39, 0.29) is 17.4 Å². The fraction of sp³-hybridized carbons (Fsp3) is 0.0500. The van der Waals surface area contributed by atoms with Crippen LogP contribution in [0.1, 0.15) is 15.9 Å². The van der Waals surface area contributed by atoms with Crippen LogP contribution in [0.4, 0.5) is 10.8 Å². The highest BCUT2D eigenvalue weighted by atomic mass is 32.2. The number of aromatic nitrogens is 1. The first-order valence-electron chi connectivity index (χ1n) is 15.6. The lowest BCUT2D eigenvalue weighted by molar-refractivity contribution is -0.114. The van der Waals surface area contributed by atoms with Gasteiger partial charge in [0.25, 0.3) is 11.8 Å². The summed E-state index contributed by atoms with van der Waals surface area (Å²) in [5.41, 5.74) is 5.52. The predicted molar refractivity (Wildman–Crippen MR) is 202 cm³/mol. The number of nitrogens with one attached hydrogen (secondary N) is 3. The Morgan fingerprint density at radius 1 is 0.760 bits per heavy atom. The van der Waals surface area contributed by atoms with Crippen molar-refractivity contribution in [2.24, 2.45) is 0 Å². The molecule has 0 saturated heterocycles. The van der Waals surface area contributed by atoms with Gasteiger partial charge in [-0.25, -0.2) is 4.98 Å². The monoisotopic (exact) mass is 696 g/mol. The molecule has 0 aliphatic carbocycles. The topological polar surface area (TPSA) is 109 Å². The highest BCUT2D eigenvalue weighted by Gasteiger charge is 2.16. The van der Waals surface area contributed by atoms with E-state index in [4.69, 9.17) is 4.74 Å². The Kier molecular flexibility index (Phi) is 11.1. The first-order valence-corrected chi connectivity index (χ1v) is 17.5. The molecule has 3 N–H and O–H groups in total. The number of anilines is 2. The molecule has 10 heteroatoms. The fourth-order valence-electron chi connectivity index (χ4n) is 4.96. The van der Waals surface area contributed by atoms with Gasteiger partial charge in [0.1, 0.15) is 11.4 Å². The zero-order chi connectivity index (χ0) is 34.7. The Labute approximate surface area is 298 Å². The summed E-state index contributed by atoms with van der Waals surface area (Å²) in [5, 5.41) is 10.9. The van der Waals surface area contributed by atoms with Gasteiger partial charge in [0, 0.05) is 27.1 Å². The predicted octanol–water partition coefficient (Wildman–Crippen LogP) is 8.63. The fourth-order valence-corrected chi connectivity index (χ4v) is 6.38. The summed E-state index contributed by atoms with van der Waals surface area (Å²) in [6, 6.07) is 41.2. The lowest BCUT2D eigenvalue weighted by Crippen LogP contribution is -2.30. The Balaban J connectivity index is 1.08. The van der Waals surface area contributed by atoms with E-state index in [9.17, 15) is 14.4 Å². The number of rotatable bonds is 12. The van der Waals surface area contributed by atoms with Gasteiger partial charge in [-0.3, -0.25) is 14.4 Å². The number of para-hydroxylation sites is 1. The third-order valence-corrected chi connectivity index (χ3v) is 9.24. The van der Waals surface area contributed by atoms with Gasteiger partial charge in [0.05, 0.1) is 18.6 Å². The molecule has 248 valence electrons. The molecule has 0 aliphatic rings. The number of carbonyl (C=O) groups is 3. The first kappa shape index (κ1) is 33.9. The molecule has 6 aromatic rings. The van der Waals surface area contributed by atoms with Crippen LogP contribution >= 0.6 is 23.1 Å². The van der Waals surface area contributed by atoms with Crippen LogP contribution in [0.15, 0.2) is 149 Å². The average molecular weight is 697 g/mol. The molecule has 1 aromatic heterocycles. The van der Waals surface area contributed by atoms with Crippen LogP contribution in [0.25, 0.3) is 28.5 Å². The number of benzene rings is 5. The van der Waals surface area contributed by atoms with Crippen molar-refractivity contribution in [2.75, 3.05) is 23.5 Å². The maximum Gasteiger partial charge on any atom is 0.272 e. The number of amides is 3. The summed E-state index contributed by atoms with van der Waals surface area (Å²) in [7, 11) is 1.61. The van der Waals surface area contributed by atoms with Crippen molar-refractivity contribution in [3.63, 3.8) is 0 Å². The molecule has 0 fully saturated rings. The normalized spacial score (nSPS) is 11.0. The number of methoxy groups -OCH3 is 1. The summed E-state index contributed by atoms with van der Waals surface area (Å²) < 4.78 is 5.42. The highest BCUT2D eigenvalue weighted by Crippen LogP contribution is 2.32. The Bertz CT molecular complexity index is 2120. The number of hydrogen-bond acceptors (Lipinski definition) is 7. The van der Waals surface area contributed by atoms with Gasteiger partial charge < -0.3 is 20.7 Å². The minimum atomic E-state index is -0.475. The van der Waals surface area contributed by atoms with Gasteiger partial charge in [0.15, 0.2) is 5.13 Å². The van der Waals surface area contributed by atoms with Gasteiger partial charge in [0.2, 0.25) is 5.91 Å². The molecule has 6 rings (SSSR count). The molecule has 0 unspecified atom stereocenters. The van der Waals surface area contributed by atoms with Crippen molar-refractivity contribution >= 4 is 57.7 Å². The van der Waals surface area contributed by atoms with E-state index in [1.165, 1.54) is 23.1 Å². The number of hydrogen-bond donors (Lipinski definition) is 3. The standard InChI is InChI=1S/C40H32N4O4S2/c1-48-36-15-9-8-14-33(36)35-25-50-40(43-35)44-37(45)26-49-32-22-20-31(21-23-32)41-39(47)34(42-38(46)30-12-6-3-7-13-30)24-27-16-18-29(19-17-27)28-10-4-2-5-11-28/h2-25H,26H2,1H3,(H,41,47)(H,42,46)(H,43,44,45)/b34-24-. The van der Waals surface area contributed by atoms with Gasteiger partial charge in [-0.05, 0) is 71.3 Å². The van der Waals surface area contributed by atoms with Crippen LogP contribution in [0.5, 0.6) is 5.75 Å². The second-order valence-corrected chi connectivity index (χ2v) is 12.8. The summed E-state index contributed by atoms with van der Waals surface area (Å²) in [5.74, 6) is -0.168. The van der Waals surface area contributed by atoms with Gasteiger partial charge in [-0.2, -0.15) is 0 Å². The van der Waals surface area contributed by atoms with Crippen molar-refractivity contribution in [1.29, 1.82) is 0 Å². The third-order valence-electron chi connectivity index (χ3n) is 7.47. The lowest BCUT2D eigenvalue weighted by atomic mass is 10.0. The molecule has 5 aromatic carbocycles. The molecule has 0 radical (unpaired) electrons. The summed E-state index contributed by atoms with van der Waals surface area (Å²) in [6.45, 7) is 0. The van der Waals surface area contributed by atoms with E-state index in [0.29, 0.717) is 22.1 Å². The van der Waals surface area contributed by atoms with Crippen molar-refractivity contribution in [3.8, 4) is 28.1 Å². The number of thiazole rings is 1. The molecule has 0 aliphatic heterocycles. The maximum absolute atomic E-state index is 13.5. The second kappa shape index (κ2) is 16.4. The van der Waals surface area contributed by atoms with Crippen LogP contribution in [0.2, 0.25) is 0 Å². The lowest BCUT2D eigenvalue weighted by Gasteiger charge is -2.12. The minimum Gasteiger partial charge on any atom is -0.496 e. The summed E-state index contributed by atoms with van der Waals surface area (Å²) >= 11 is 2.71. The molecule has 0 bridgehead atoms. The van der Waals surface area contributed by atoms with E-state index in [1.54, 1.807) is 49.6 Å². The SMILES string of the molecule is COc1ccccc1-c1csc(NC(=O)CSc2ccc(NC(=O)/C(=C/c3ccc(-c4ccccc4)cc3)NC(=O)c3ccccc3)cc2)n1. The van der Waals surface area contributed by atoms with E-state index in [1.807, 2.05) is 102 Å². The molecule has 0 atom stereocenters. The highest BCUT2D eigenvalue weighted by molar-refractivity contribution is 8.00. The van der Waals surface area contributed by atoms with Gasteiger partial charge in [-0.15, -0.1) is 23.1 Å². The van der Waals surface area contributed by atoms with E-state index in [0.717, 1.165) is 32.8 Å². The quantitative estimate of drug-likeness (QED) is 0.0874. The molecule has 3 amide bonds. The maximum atomic E-state index is 13.5. The van der Waals surface area contributed by atoms with E-state index >= 15 is 0 Å². The zero-order valence-electron chi connectivity index (χ0n) is 27.0. The van der Waals surface area contributed by atoms with Crippen LogP contribution in [0, 0.1) is 0 Å². The molecule has 0 saturated carbocycles. The van der Waals surface area contributed by atoms with Gasteiger partial charge >= 0.3 is 0 Å². The first-order chi connectivity index (χ1) is 24.4. The third kappa shape index (κ3) is 8.93. The van der Waals surface area contributed by atoms with Crippen LogP contribution < -0.4 is 20.7 Å². The Morgan fingerprint density at radius 2 is 1.42 bits per heavy atom. The zero-order valence-corrected chi connectivity index (χ0v) is 28.6. The van der Waals surface area contributed by atoms with E-state index in [2.05, 4.69) is 20.9 Å². The number of nitrogens with zero attached hydrogens (tertiary/aromatic N) is 1. The van der Waals surface area contributed by atoms with Gasteiger partial charge in [-0.1, -0.05) is 84.9 Å². The van der Waals surface area contributed by atoms with E-state index < -0.39 is 11.8 Å². The molecular formula is C40H32N4O4S2. The molecule has 0 spiro atoms. The van der Waals surface area contributed by atoms with Crippen molar-refractivity contribution in [1.82, 2.24) is 10.3 Å². The summed E-state index contributed by atoms with van der Waals surface area (Å²) in [6.07, 6.45) is 1.65. The molecule has 1 heterocycles. The summed E-state index contributed by atoms with van der Waals surface area (Å²) in [4.78, 5) is 44.6. The molecular weight excluding hydrogens is 665 g/mol. The average Bonchev–Trinajstić information content (AvgIpc) is 3.63. The number of ether oxygens (including phenoxy) is 1. The minimum absolute atomic E-state index is 0.0949. The van der Waals surface area contributed by atoms with Crippen LogP contribution in [0.3, 0.4) is 0 Å². The number of thioether (sulfide) groups is 1. The van der Waals surface area contributed by atoms with Crippen molar-refractivity contribution in [2.45, 2.75) is 4.90 Å². The smallest absolute Gasteiger partial charge is 0.272 e. The van der Waals surface area contributed by atoms with Crippen molar-refractivity contribution < 1.29 is 19.1 Å². The number of carbonyl (C=O) groups excluding carboxylic acids is 3. The van der Waals surface area contributed by atoms with Crippen LogP contribution in [-0.4, -0.2) is 35.6 Å². The largest absolute Gasteiger partial charge is 0.496 e. The second-order valence-electron chi connectivity index (χ2n) is 10.9. The van der Waals surface area contributed by atoms with Crippen LogP contribution in [-0.2, 0) is 9.59 Å².